The lowest BCUT2D eigenvalue weighted by atomic mass is 10.0. The van der Waals surface area contributed by atoms with Crippen LogP contribution in [0.15, 0.2) is 24.3 Å². The van der Waals surface area contributed by atoms with Gasteiger partial charge < -0.3 is 10.0 Å². The molecule has 5 nitrogen and oxygen atoms in total. The van der Waals surface area contributed by atoms with Gasteiger partial charge in [0.25, 0.3) is 11.8 Å². The van der Waals surface area contributed by atoms with Crippen molar-refractivity contribution in [2.75, 3.05) is 26.2 Å². The molecule has 2 saturated heterocycles. The monoisotopic (exact) mass is 321 g/mol. The predicted molar refractivity (Wildman–Crippen MR) is 78.0 cm³/mol. The Morgan fingerprint density at radius 1 is 1.35 bits per heavy atom. The first-order valence-corrected chi connectivity index (χ1v) is 7.47. The van der Waals surface area contributed by atoms with Gasteiger partial charge in [-0.05, 0) is 24.3 Å². The lowest BCUT2D eigenvalue weighted by molar-refractivity contribution is -0.0125. The maximum atomic E-state index is 13.5. The summed E-state index contributed by atoms with van der Waals surface area (Å²) in [5, 5.41) is 18.0. The molecule has 2 heterocycles. The van der Waals surface area contributed by atoms with Crippen LogP contribution in [-0.2, 0) is 0 Å². The van der Waals surface area contributed by atoms with Crippen molar-refractivity contribution in [3.05, 3.63) is 35.4 Å². The number of likely N-dealkylation sites (tertiary alicyclic amines) is 2. The molecule has 1 aromatic rings. The average molecular weight is 321 g/mol. The van der Waals surface area contributed by atoms with Crippen LogP contribution in [0.4, 0.5) is 8.78 Å². The van der Waals surface area contributed by atoms with Crippen molar-refractivity contribution in [2.24, 2.45) is 0 Å². The second kappa shape index (κ2) is 5.87. The number of carbonyl (C=O) groups excluding carboxylic acids is 1. The maximum absolute atomic E-state index is 13.5. The normalized spacial score (nSPS) is 24.3. The van der Waals surface area contributed by atoms with Gasteiger partial charge in [0.05, 0.1) is 24.8 Å². The van der Waals surface area contributed by atoms with E-state index in [0.717, 1.165) is 0 Å². The number of halogens is 2. The second-order valence-electron chi connectivity index (χ2n) is 6.12. The Kier molecular flexibility index (Phi) is 4.04. The number of amides is 1. The van der Waals surface area contributed by atoms with Gasteiger partial charge in [0.1, 0.15) is 0 Å². The third-order valence-electron chi connectivity index (χ3n) is 4.51. The van der Waals surface area contributed by atoms with Crippen molar-refractivity contribution in [1.29, 1.82) is 5.26 Å². The molecule has 0 aromatic heterocycles. The van der Waals surface area contributed by atoms with Crippen LogP contribution in [-0.4, -0.2) is 65.1 Å². The van der Waals surface area contributed by atoms with Crippen molar-refractivity contribution >= 4 is 5.91 Å². The molecule has 23 heavy (non-hydrogen) atoms. The summed E-state index contributed by atoms with van der Waals surface area (Å²) in [6, 6.07) is 7.65. The number of carbonyl (C=O) groups is 1. The fourth-order valence-electron chi connectivity index (χ4n) is 3.22. The quantitative estimate of drug-likeness (QED) is 0.905. The van der Waals surface area contributed by atoms with Gasteiger partial charge >= 0.3 is 0 Å². The molecule has 0 radical (unpaired) electrons. The van der Waals surface area contributed by atoms with E-state index >= 15 is 0 Å². The van der Waals surface area contributed by atoms with Crippen molar-refractivity contribution in [3.63, 3.8) is 0 Å². The molecule has 0 aliphatic carbocycles. The fraction of sp³-hybridized carbons (Fsp3) is 0.500. The molecule has 0 unspecified atom stereocenters. The molecule has 2 aliphatic rings. The second-order valence-corrected chi connectivity index (χ2v) is 6.12. The molecular weight excluding hydrogens is 304 g/mol. The number of nitriles is 1. The summed E-state index contributed by atoms with van der Waals surface area (Å²) in [6.07, 6.45) is -0.330. The van der Waals surface area contributed by atoms with E-state index in [-0.39, 0.29) is 31.5 Å². The Bertz CT molecular complexity index is 636. The molecule has 7 heteroatoms. The van der Waals surface area contributed by atoms with E-state index in [2.05, 4.69) is 0 Å². The number of aliphatic hydroxyl groups is 1. The summed E-state index contributed by atoms with van der Waals surface area (Å²) in [6.45, 7) is 0.105. The third kappa shape index (κ3) is 3.05. The first kappa shape index (κ1) is 15.8. The molecule has 0 saturated carbocycles. The van der Waals surface area contributed by atoms with Crippen LogP contribution in [0.1, 0.15) is 22.3 Å². The van der Waals surface area contributed by atoms with Crippen molar-refractivity contribution in [2.45, 2.75) is 24.4 Å². The summed E-state index contributed by atoms with van der Waals surface area (Å²) in [4.78, 5) is 15.5. The number of hydrogen-bond acceptors (Lipinski definition) is 4. The SMILES string of the molecule is N#Cc1ccc(C(=O)N2CC(N3CC(F)(F)C[C@H]3CO)C2)cc1. The number of alkyl halides is 2. The largest absolute Gasteiger partial charge is 0.395 e. The summed E-state index contributed by atoms with van der Waals surface area (Å²) >= 11 is 0. The molecule has 0 spiro atoms. The van der Waals surface area contributed by atoms with Gasteiger partial charge in [-0.2, -0.15) is 5.26 Å². The molecule has 1 amide bonds. The minimum absolute atomic E-state index is 0.136. The van der Waals surface area contributed by atoms with Gasteiger partial charge in [0.15, 0.2) is 0 Å². The number of hydrogen-bond donors (Lipinski definition) is 1. The molecule has 2 fully saturated rings. The number of aliphatic hydroxyl groups excluding tert-OH is 1. The lowest BCUT2D eigenvalue weighted by Crippen LogP contribution is -2.62. The van der Waals surface area contributed by atoms with Gasteiger partial charge in [-0.15, -0.1) is 0 Å². The van der Waals surface area contributed by atoms with E-state index in [1.54, 1.807) is 34.1 Å². The molecule has 1 aromatic carbocycles. The smallest absolute Gasteiger partial charge is 0.262 e. The average Bonchev–Trinajstić information content (AvgIpc) is 2.80. The Morgan fingerprint density at radius 2 is 2.00 bits per heavy atom. The van der Waals surface area contributed by atoms with E-state index in [1.165, 1.54) is 0 Å². The van der Waals surface area contributed by atoms with Gasteiger partial charge in [-0.3, -0.25) is 9.69 Å². The van der Waals surface area contributed by atoms with Crippen LogP contribution in [0.5, 0.6) is 0 Å². The first-order chi connectivity index (χ1) is 10.9. The van der Waals surface area contributed by atoms with Gasteiger partial charge in [-0.1, -0.05) is 0 Å². The number of benzene rings is 1. The molecule has 2 aliphatic heterocycles. The zero-order chi connectivity index (χ0) is 16.6. The Morgan fingerprint density at radius 3 is 2.57 bits per heavy atom. The molecular formula is C16H17F2N3O2. The van der Waals surface area contributed by atoms with Crippen molar-refractivity contribution < 1.29 is 18.7 Å². The van der Waals surface area contributed by atoms with Gasteiger partial charge in [0.2, 0.25) is 0 Å². The summed E-state index contributed by atoms with van der Waals surface area (Å²) in [5.41, 5.74) is 0.959. The summed E-state index contributed by atoms with van der Waals surface area (Å²) < 4.78 is 27.0. The lowest BCUT2D eigenvalue weighted by Gasteiger charge is -2.45. The van der Waals surface area contributed by atoms with Crippen molar-refractivity contribution in [1.82, 2.24) is 9.80 Å². The topological polar surface area (TPSA) is 67.6 Å². The summed E-state index contributed by atoms with van der Waals surface area (Å²) in [5.74, 6) is -2.94. The van der Waals surface area contributed by atoms with Crippen LogP contribution in [0, 0.1) is 11.3 Å². The van der Waals surface area contributed by atoms with Gasteiger partial charge in [0, 0.05) is 37.2 Å². The Labute approximate surface area is 132 Å². The molecule has 3 rings (SSSR count). The molecule has 1 N–H and O–H groups in total. The Balaban J connectivity index is 1.60. The van der Waals surface area contributed by atoms with E-state index in [0.29, 0.717) is 24.2 Å². The highest BCUT2D eigenvalue weighted by Gasteiger charge is 2.49. The molecule has 0 bridgehead atoms. The highest BCUT2D eigenvalue weighted by molar-refractivity contribution is 5.94. The molecule has 122 valence electrons. The zero-order valence-corrected chi connectivity index (χ0v) is 12.5. The van der Waals surface area contributed by atoms with E-state index in [9.17, 15) is 18.7 Å². The highest BCUT2D eigenvalue weighted by atomic mass is 19.3. The minimum atomic E-state index is -2.77. The highest BCUT2D eigenvalue weighted by Crippen LogP contribution is 2.35. The van der Waals surface area contributed by atoms with E-state index in [4.69, 9.17) is 5.26 Å². The predicted octanol–water partition coefficient (Wildman–Crippen LogP) is 1.08. The Hall–Kier alpha value is -2.04. The van der Waals surface area contributed by atoms with Gasteiger partial charge in [-0.25, -0.2) is 8.78 Å². The van der Waals surface area contributed by atoms with Crippen molar-refractivity contribution in [3.8, 4) is 6.07 Å². The maximum Gasteiger partial charge on any atom is 0.262 e. The number of nitrogens with zero attached hydrogens (tertiary/aromatic N) is 3. The van der Waals surface area contributed by atoms with Crippen LogP contribution >= 0.6 is 0 Å². The minimum Gasteiger partial charge on any atom is -0.395 e. The van der Waals surface area contributed by atoms with Crippen LogP contribution in [0.3, 0.4) is 0 Å². The van der Waals surface area contributed by atoms with Crippen LogP contribution in [0.25, 0.3) is 0 Å². The summed E-state index contributed by atoms with van der Waals surface area (Å²) in [7, 11) is 0. The number of rotatable bonds is 3. The molecule has 1 atom stereocenters. The third-order valence-corrected chi connectivity index (χ3v) is 4.51. The fourth-order valence-corrected chi connectivity index (χ4v) is 3.22. The van der Waals surface area contributed by atoms with Crippen LogP contribution in [0.2, 0.25) is 0 Å². The van der Waals surface area contributed by atoms with E-state index < -0.39 is 12.0 Å². The standard InChI is InChI=1S/C16H17F2N3O2/c17-16(18)5-13(9-22)21(10-16)14-7-20(8-14)15(23)12-3-1-11(6-19)2-4-12/h1-4,13-14,22H,5,7-10H2/t13-/m0/s1. The first-order valence-electron chi connectivity index (χ1n) is 7.47. The zero-order valence-electron chi connectivity index (χ0n) is 12.5. The van der Waals surface area contributed by atoms with Crippen LogP contribution < -0.4 is 0 Å². The van der Waals surface area contributed by atoms with E-state index in [1.807, 2.05) is 6.07 Å².